The number of aromatic nitrogens is 1. The predicted octanol–water partition coefficient (Wildman–Crippen LogP) is 3.47. The van der Waals surface area contributed by atoms with E-state index >= 15 is 0 Å². The molecule has 2 heteroatoms. The predicted molar refractivity (Wildman–Crippen MR) is 60.4 cm³/mol. The summed E-state index contributed by atoms with van der Waals surface area (Å²) in [4.78, 5) is 0. The number of rotatable bonds is 0. The van der Waals surface area contributed by atoms with Gasteiger partial charge in [-0.05, 0) is 12.1 Å². The van der Waals surface area contributed by atoms with Gasteiger partial charge in [-0.25, -0.2) is 4.39 Å². The molecule has 1 aromatic heterocycles. The lowest BCUT2D eigenvalue weighted by Crippen LogP contribution is -1.88. The molecule has 0 fully saturated rings. The lowest BCUT2D eigenvalue weighted by Gasteiger charge is -1.97. The van der Waals surface area contributed by atoms with Crippen LogP contribution < -0.4 is 0 Å². The zero-order valence-electron chi connectivity index (χ0n) is 8.37. The Morgan fingerprint density at radius 3 is 2.53 bits per heavy atom. The van der Waals surface area contributed by atoms with Crippen LogP contribution in [0, 0.1) is 5.82 Å². The number of fused-ring (bicyclic) bond motifs is 3. The summed E-state index contributed by atoms with van der Waals surface area (Å²) in [5.74, 6) is -0.161. The highest BCUT2D eigenvalue weighted by Crippen LogP contribution is 2.29. The molecule has 0 aliphatic carbocycles. The fraction of sp³-hybridized carbons (Fsp3) is 0.0769. The van der Waals surface area contributed by atoms with Crippen LogP contribution in [0.3, 0.4) is 0 Å². The van der Waals surface area contributed by atoms with Gasteiger partial charge in [0.25, 0.3) is 0 Å². The maximum Gasteiger partial charge on any atom is 0.147 e. The molecular weight excluding hydrogens is 189 g/mol. The Labute approximate surface area is 86.7 Å². The van der Waals surface area contributed by atoms with Gasteiger partial charge >= 0.3 is 0 Å². The van der Waals surface area contributed by atoms with Crippen LogP contribution in [0.1, 0.15) is 0 Å². The van der Waals surface area contributed by atoms with Crippen LogP contribution in [0.2, 0.25) is 0 Å². The lowest BCUT2D eigenvalue weighted by atomic mass is 10.1. The van der Waals surface area contributed by atoms with Gasteiger partial charge in [0, 0.05) is 23.3 Å². The summed E-state index contributed by atoms with van der Waals surface area (Å²) >= 11 is 0. The number of benzene rings is 2. The van der Waals surface area contributed by atoms with Crippen LogP contribution >= 0.6 is 0 Å². The average molecular weight is 199 g/mol. The summed E-state index contributed by atoms with van der Waals surface area (Å²) in [6.07, 6.45) is 0. The summed E-state index contributed by atoms with van der Waals surface area (Å²) < 4.78 is 15.6. The van der Waals surface area contributed by atoms with Crippen LogP contribution in [-0.2, 0) is 7.05 Å². The first-order chi connectivity index (χ1) is 7.29. The number of halogens is 1. The van der Waals surface area contributed by atoms with Crippen molar-refractivity contribution in [3.05, 3.63) is 48.3 Å². The number of hydrogen-bond acceptors (Lipinski definition) is 0. The topological polar surface area (TPSA) is 4.93 Å². The third kappa shape index (κ3) is 1.02. The second-order valence-corrected chi connectivity index (χ2v) is 3.71. The molecule has 0 saturated carbocycles. The summed E-state index contributed by atoms with van der Waals surface area (Å²) in [7, 11) is 1.90. The number of para-hydroxylation sites is 2. The molecule has 0 radical (unpaired) electrons. The van der Waals surface area contributed by atoms with E-state index < -0.39 is 0 Å². The maximum atomic E-state index is 13.7. The van der Waals surface area contributed by atoms with Gasteiger partial charge in [-0.15, -0.1) is 0 Å². The number of nitrogens with zero attached hydrogens (tertiary/aromatic N) is 1. The van der Waals surface area contributed by atoms with Crippen molar-refractivity contribution >= 4 is 21.8 Å². The van der Waals surface area contributed by atoms with E-state index in [1.165, 1.54) is 6.07 Å². The van der Waals surface area contributed by atoms with Crippen molar-refractivity contribution in [2.24, 2.45) is 7.05 Å². The van der Waals surface area contributed by atoms with E-state index in [0.29, 0.717) is 5.52 Å². The monoisotopic (exact) mass is 199 g/mol. The van der Waals surface area contributed by atoms with Crippen molar-refractivity contribution in [1.82, 2.24) is 4.57 Å². The van der Waals surface area contributed by atoms with E-state index in [-0.39, 0.29) is 5.82 Å². The third-order valence-corrected chi connectivity index (χ3v) is 2.88. The molecule has 0 unspecified atom stereocenters. The minimum Gasteiger partial charge on any atom is -0.341 e. The van der Waals surface area contributed by atoms with Gasteiger partial charge in [0.15, 0.2) is 0 Å². The molecule has 0 aliphatic rings. The van der Waals surface area contributed by atoms with Crippen molar-refractivity contribution < 1.29 is 4.39 Å². The molecule has 1 nitrogen and oxygen atoms in total. The molecule has 3 aromatic rings. The first-order valence-corrected chi connectivity index (χ1v) is 4.90. The highest BCUT2D eigenvalue weighted by atomic mass is 19.1. The zero-order chi connectivity index (χ0) is 10.4. The smallest absolute Gasteiger partial charge is 0.147 e. The Bertz CT molecular complexity index is 652. The summed E-state index contributed by atoms with van der Waals surface area (Å²) in [5.41, 5.74) is 1.75. The fourth-order valence-electron chi connectivity index (χ4n) is 2.19. The Morgan fingerprint density at radius 2 is 1.67 bits per heavy atom. The zero-order valence-corrected chi connectivity index (χ0v) is 8.37. The molecule has 0 bridgehead atoms. The quantitative estimate of drug-likeness (QED) is 0.522. The molecule has 15 heavy (non-hydrogen) atoms. The van der Waals surface area contributed by atoms with Gasteiger partial charge in [-0.3, -0.25) is 0 Å². The van der Waals surface area contributed by atoms with E-state index in [9.17, 15) is 4.39 Å². The van der Waals surface area contributed by atoms with Gasteiger partial charge in [0.2, 0.25) is 0 Å². The molecule has 2 aromatic carbocycles. The van der Waals surface area contributed by atoms with Gasteiger partial charge in [0.05, 0.1) is 5.52 Å². The molecular formula is C13H10FN. The van der Waals surface area contributed by atoms with Crippen molar-refractivity contribution in [3.63, 3.8) is 0 Å². The summed E-state index contributed by atoms with van der Waals surface area (Å²) in [6, 6.07) is 13.2. The molecule has 0 N–H and O–H groups in total. The van der Waals surface area contributed by atoms with Gasteiger partial charge in [-0.2, -0.15) is 0 Å². The number of aryl methyl sites for hydroxylation is 1. The standard InChI is InChI=1S/C13H10FN/c1-15-12-8-3-2-5-9(12)10-6-4-7-11(14)13(10)15/h2-8H,1H3. The van der Waals surface area contributed by atoms with Crippen molar-refractivity contribution in [3.8, 4) is 0 Å². The van der Waals surface area contributed by atoms with E-state index in [1.807, 2.05) is 41.9 Å². The van der Waals surface area contributed by atoms with E-state index in [0.717, 1.165) is 16.3 Å². The average Bonchev–Trinajstić information content (AvgIpc) is 2.55. The highest BCUT2D eigenvalue weighted by molar-refractivity contribution is 6.08. The molecule has 0 saturated heterocycles. The Morgan fingerprint density at radius 1 is 0.933 bits per heavy atom. The normalized spacial score (nSPS) is 11.3. The largest absolute Gasteiger partial charge is 0.341 e. The van der Waals surface area contributed by atoms with Crippen molar-refractivity contribution in [2.45, 2.75) is 0 Å². The van der Waals surface area contributed by atoms with Crippen LogP contribution in [0.25, 0.3) is 21.8 Å². The fourth-order valence-corrected chi connectivity index (χ4v) is 2.19. The summed E-state index contributed by atoms with van der Waals surface area (Å²) in [5, 5.41) is 2.09. The molecule has 1 heterocycles. The molecule has 0 atom stereocenters. The van der Waals surface area contributed by atoms with Crippen molar-refractivity contribution in [1.29, 1.82) is 0 Å². The number of hydrogen-bond donors (Lipinski definition) is 0. The molecule has 3 rings (SSSR count). The maximum absolute atomic E-state index is 13.7. The van der Waals surface area contributed by atoms with Crippen LogP contribution in [0.5, 0.6) is 0 Å². The lowest BCUT2D eigenvalue weighted by molar-refractivity contribution is 0.633. The second-order valence-electron chi connectivity index (χ2n) is 3.71. The highest BCUT2D eigenvalue weighted by Gasteiger charge is 2.09. The Kier molecular flexibility index (Phi) is 1.60. The first kappa shape index (κ1) is 8.48. The van der Waals surface area contributed by atoms with Crippen LogP contribution in [0.15, 0.2) is 42.5 Å². The van der Waals surface area contributed by atoms with E-state index in [1.54, 1.807) is 6.07 Å². The van der Waals surface area contributed by atoms with Crippen LogP contribution in [0.4, 0.5) is 4.39 Å². The van der Waals surface area contributed by atoms with Gasteiger partial charge in [0.1, 0.15) is 5.82 Å². The summed E-state index contributed by atoms with van der Waals surface area (Å²) in [6.45, 7) is 0. The second kappa shape index (κ2) is 2.83. The SMILES string of the molecule is Cn1c2ccccc2c2cccc(F)c21. The Balaban J connectivity index is 2.69. The molecule has 0 aliphatic heterocycles. The van der Waals surface area contributed by atoms with E-state index in [4.69, 9.17) is 0 Å². The minimum atomic E-state index is -0.161. The third-order valence-electron chi connectivity index (χ3n) is 2.88. The molecule has 74 valence electrons. The van der Waals surface area contributed by atoms with E-state index in [2.05, 4.69) is 0 Å². The van der Waals surface area contributed by atoms with Gasteiger partial charge < -0.3 is 4.57 Å². The molecule has 0 amide bonds. The van der Waals surface area contributed by atoms with Crippen molar-refractivity contribution in [2.75, 3.05) is 0 Å². The Hall–Kier alpha value is -1.83. The molecule has 0 spiro atoms. The first-order valence-electron chi connectivity index (χ1n) is 4.90. The van der Waals surface area contributed by atoms with Gasteiger partial charge in [-0.1, -0.05) is 30.3 Å². The van der Waals surface area contributed by atoms with Crippen LogP contribution in [-0.4, -0.2) is 4.57 Å². The minimum absolute atomic E-state index is 0.161.